The Bertz CT molecular complexity index is 336. The predicted molar refractivity (Wildman–Crippen MR) is 63.3 cm³/mol. The number of amides is 1. The van der Waals surface area contributed by atoms with E-state index >= 15 is 0 Å². The molecule has 0 fully saturated rings. The summed E-state index contributed by atoms with van der Waals surface area (Å²) in [7, 11) is 2.98. The first-order chi connectivity index (χ1) is 6.57. The maximum atomic E-state index is 11.7. The monoisotopic (exact) mass is 325 g/mol. The molecule has 14 heavy (non-hydrogen) atoms. The van der Waals surface area contributed by atoms with Crippen LogP contribution in [0, 0.1) is 3.57 Å². The van der Waals surface area contributed by atoms with E-state index in [1.165, 1.54) is 7.11 Å². The lowest BCUT2D eigenvalue weighted by Gasteiger charge is -2.15. The zero-order chi connectivity index (χ0) is 10.7. The van der Waals surface area contributed by atoms with Gasteiger partial charge in [0.2, 0.25) is 0 Å². The minimum absolute atomic E-state index is 0.248. The highest BCUT2D eigenvalue weighted by Crippen LogP contribution is 2.22. The Kier molecular flexibility index (Phi) is 4.15. The fraction of sp³-hybridized carbons (Fsp3) is 0.222. The zero-order valence-corrected chi connectivity index (χ0v) is 10.7. The summed E-state index contributed by atoms with van der Waals surface area (Å²) in [6.45, 7) is 0. The number of halogens is 2. The van der Waals surface area contributed by atoms with Gasteiger partial charge in [-0.2, -0.15) is 0 Å². The van der Waals surface area contributed by atoms with Crippen LogP contribution < -0.4 is 0 Å². The maximum absolute atomic E-state index is 11.7. The minimum atomic E-state index is -0.248. The summed E-state index contributed by atoms with van der Waals surface area (Å²) in [5, 5.41) is 1.58. The highest BCUT2D eigenvalue weighted by Gasteiger charge is 2.17. The lowest BCUT2D eigenvalue weighted by atomic mass is 10.2. The van der Waals surface area contributed by atoms with Gasteiger partial charge in [-0.05, 0) is 34.7 Å². The Morgan fingerprint density at radius 1 is 1.57 bits per heavy atom. The third kappa shape index (κ3) is 2.37. The minimum Gasteiger partial charge on any atom is -0.274 e. The summed E-state index contributed by atoms with van der Waals surface area (Å²) in [4.78, 5) is 16.5. The molecule has 0 radical (unpaired) electrons. The molecule has 0 aliphatic carbocycles. The first-order valence-corrected chi connectivity index (χ1v) is 5.29. The van der Waals surface area contributed by atoms with Crippen LogP contribution in [0.5, 0.6) is 0 Å². The first kappa shape index (κ1) is 11.7. The summed E-state index contributed by atoms with van der Waals surface area (Å²) >= 11 is 7.98. The number of hydroxylamine groups is 2. The molecule has 0 spiro atoms. The molecule has 0 saturated carbocycles. The number of benzene rings is 1. The molecule has 5 heteroatoms. The molecule has 1 rings (SSSR count). The summed E-state index contributed by atoms with van der Waals surface area (Å²) < 4.78 is 0.809. The van der Waals surface area contributed by atoms with Crippen molar-refractivity contribution in [1.29, 1.82) is 0 Å². The molecule has 0 saturated heterocycles. The van der Waals surface area contributed by atoms with Gasteiger partial charge in [-0.3, -0.25) is 9.63 Å². The fourth-order valence-corrected chi connectivity index (χ4v) is 2.09. The van der Waals surface area contributed by atoms with E-state index in [1.807, 2.05) is 6.07 Å². The molecule has 0 aliphatic heterocycles. The van der Waals surface area contributed by atoms with Crippen molar-refractivity contribution in [3.63, 3.8) is 0 Å². The Balaban J connectivity index is 3.12. The van der Waals surface area contributed by atoms with E-state index in [4.69, 9.17) is 16.4 Å². The van der Waals surface area contributed by atoms with Crippen molar-refractivity contribution in [2.45, 2.75) is 0 Å². The van der Waals surface area contributed by atoms with Crippen molar-refractivity contribution in [1.82, 2.24) is 5.06 Å². The first-order valence-electron chi connectivity index (χ1n) is 3.84. The van der Waals surface area contributed by atoms with Crippen LogP contribution in [-0.4, -0.2) is 25.1 Å². The van der Waals surface area contributed by atoms with Crippen LogP contribution in [0.15, 0.2) is 18.2 Å². The van der Waals surface area contributed by atoms with Gasteiger partial charge in [0.1, 0.15) is 0 Å². The molecular weight excluding hydrogens is 316 g/mol. The molecule has 0 heterocycles. The van der Waals surface area contributed by atoms with Gasteiger partial charge in [-0.25, -0.2) is 5.06 Å². The van der Waals surface area contributed by atoms with Gasteiger partial charge < -0.3 is 0 Å². The second-order valence-electron chi connectivity index (χ2n) is 2.58. The molecule has 0 atom stereocenters. The smallest absolute Gasteiger partial charge is 0.274 e. The Labute approximate surface area is 101 Å². The number of nitrogens with zero attached hydrogens (tertiary/aromatic N) is 1. The van der Waals surface area contributed by atoms with E-state index in [9.17, 15) is 4.79 Å². The van der Waals surface area contributed by atoms with Crippen LogP contribution in [0.2, 0.25) is 5.02 Å². The van der Waals surface area contributed by atoms with Crippen LogP contribution in [0.3, 0.4) is 0 Å². The molecule has 0 bridgehead atoms. The number of hydrogen-bond acceptors (Lipinski definition) is 2. The lowest BCUT2D eigenvalue weighted by Crippen LogP contribution is -2.26. The Morgan fingerprint density at radius 3 is 2.71 bits per heavy atom. The maximum Gasteiger partial charge on any atom is 0.279 e. The normalized spacial score (nSPS) is 10.0. The zero-order valence-electron chi connectivity index (χ0n) is 7.75. The van der Waals surface area contributed by atoms with E-state index in [0.29, 0.717) is 10.6 Å². The number of hydrogen-bond donors (Lipinski definition) is 0. The number of carbonyl (C=O) groups excluding carboxylic acids is 1. The molecule has 1 aromatic rings. The molecule has 0 unspecified atom stereocenters. The van der Waals surface area contributed by atoms with Gasteiger partial charge in [-0.1, -0.05) is 17.7 Å². The molecule has 1 amide bonds. The average molecular weight is 326 g/mol. The van der Waals surface area contributed by atoms with E-state index in [2.05, 4.69) is 22.6 Å². The second kappa shape index (κ2) is 4.95. The number of carbonyl (C=O) groups is 1. The van der Waals surface area contributed by atoms with Crippen LogP contribution in [0.25, 0.3) is 0 Å². The standard InChI is InChI=1S/C9H9ClINO2/c1-12(14-2)9(13)8-6(10)4-3-5-7(8)11/h3-5H,1-2H3. The van der Waals surface area contributed by atoms with Crippen molar-refractivity contribution in [2.24, 2.45) is 0 Å². The summed E-state index contributed by atoms with van der Waals surface area (Å²) in [5.41, 5.74) is 0.471. The Hall–Kier alpha value is -0.330. The van der Waals surface area contributed by atoms with Crippen LogP contribution in [-0.2, 0) is 4.84 Å². The molecule has 0 aliphatic rings. The van der Waals surface area contributed by atoms with Gasteiger partial charge in [0.05, 0.1) is 17.7 Å². The molecular formula is C9H9ClINO2. The van der Waals surface area contributed by atoms with Crippen molar-refractivity contribution >= 4 is 40.1 Å². The molecule has 0 N–H and O–H groups in total. The average Bonchev–Trinajstić information content (AvgIpc) is 2.16. The van der Waals surface area contributed by atoms with Gasteiger partial charge in [-0.15, -0.1) is 0 Å². The van der Waals surface area contributed by atoms with Gasteiger partial charge >= 0.3 is 0 Å². The van der Waals surface area contributed by atoms with Gasteiger partial charge in [0.15, 0.2) is 0 Å². The molecule has 76 valence electrons. The molecule has 3 nitrogen and oxygen atoms in total. The quantitative estimate of drug-likeness (QED) is 0.618. The van der Waals surface area contributed by atoms with E-state index in [-0.39, 0.29) is 5.91 Å². The van der Waals surface area contributed by atoms with E-state index in [0.717, 1.165) is 8.63 Å². The summed E-state index contributed by atoms with van der Waals surface area (Å²) in [6, 6.07) is 5.30. The summed E-state index contributed by atoms with van der Waals surface area (Å²) in [6.07, 6.45) is 0. The topological polar surface area (TPSA) is 29.5 Å². The van der Waals surface area contributed by atoms with Crippen molar-refractivity contribution in [3.8, 4) is 0 Å². The van der Waals surface area contributed by atoms with E-state index < -0.39 is 0 Å². The SMILES string of the molecule is CON(C)C(=O)c1c(Cl)cccc1I. The van der Waals surface area contributed by atoms with Crippen molar-refractivity contribution in [2.75, 3.05) is 14.2 Å². The third-order valence-electron chi connectivity index (χ3n) is 1.74. The Morgan fingerprint density at radius 2 is 2.21 bits per heavy atom. The van der Waals surface area contributed by atoms with Crippen LogP contribution >= 0.6 is 34.2 Å². The van der Waals surface area contributed by atoms with Crippen molar-refractivity contribution in [3.05, 3.63) is 32.4 Å². The predicted octanol–water partition coefficient (Wildman–Crippen LogP) is 2.58. The lowest BCUT2D eigenvalue weighted by molar-refractivity contribution is -0.0757. The number of rotatable bonds is 2. The second-order valence-corrected chi connectivity index (χ2v) is 4.15. The van der Waals surface area contributed by atoms with Gasteiger partial charge in [0, 0.05) is 10.6 Å². The largest absolute Gasteiger partial charge is 0.279 e. The van der Waals surface area contributed by atoms with Crippen molar-refractivity contribution < 1.29 is 9.63 Å². The highest BCUT2D eigenvalue weighted by molar-refractivity contribution is 14.1. The third-order valence-corrected chi connectivity index (χ3v) is 2.95. The van der Waals surface area contributed by atoms with Crippen LogP contribution in [0.1, 0.15) is 10.4 Å². The molecule has 1 aromatic carbocycles. The van der Waals surface area contributed by atoms with Gasteiger partial charge in [0.25, 0.3) is 5.91 Å². The fourth-order valence-electron chi connectivity index (χ4n) is 0.942. The highest BCUT2D eigenvalue weighted by atomic mass is 127. The summed E-state index contributed by atoms with van der Waals surface area (Å²) in [5.74, 6) is -0.248. The van der Waals surface area contributed by atoms with E-state index in [1.54, 1.807) is 19.2 Å². The molecule has 0 aromatic heterocycles. The van der Waals surface area contributed by atoms with Crippen LogP contribution in [0.4, 0.5) is 0 Å².